The molecule has 0 saturated carbocycles. The van der Waals surface area contributed by atoms with E-state index in [0.717, 1.165) is 24.0 Å². The monoisotopic (exact) mass is 667 g/mol. The number of alkyl halides is 3. The highest BCUT2D eigenvalue weighted by molar-refractivity contribution is 8.15. The zero-order valence-electron chi connectivity index (χ0n) is 26.0. The van der Waals surface area contributed by atoms with E-state index in [9.17, 15) is 27.2 Å². The minimum absolute atomic E-state index is 0.0199. The van der Waals surface area contributed by atoms with Crippen LogP contribution in [0.5, 0.6) is 5.75 Å². The molecule has 2 amide bonds. The highest BCUT2D eigenvalue weighted by Crippen LogP contribution is 2.34. The lowest BCUT2D eigenvalue weighted by Gasteiger charge is -2.21. The van der Waals surface area contributed by atoms with Gasteiger partial charge in [0, 0.05) is 12.0 Å². The maximum absolute atomic E-state index is 13.9. The van der Waals surface area contributed by atoms with Gasteiger partial charge in [0.15, 0.2) is 11.0 Å². The van der Waals surface area contributed by atoms with E-state index >= 15 is 0 Å². The van der Waals surface area contributed by atoms with Gasteiger partial charge in [-0.15, -0.1) is 18.3 Å². The number of carbonyl (C=O) groups excluding carboxylic acids is 2. The highest BCUT2D eigenvalue weighted by atomic mass is 32.2. The van der Waals surface area contributed by atoms with Gasteiger partial charge in [0.05, 0.1) is 17.1 Å². The van der Waals surface area contributed by atoms with Crippen molar-refractivity contribution in [3.05, 3.63) is 90.0 Å². The number of hydrogen-bond acceptors (Lipinski definition) is 6. The molecule has 246 valence electrons. The van der Waals surface area contributed by atoms with Crippen molar-refractivity contribution in [3.8, 4) is 22.8 Å². The quantitative estimate of drug-likeness (QED) is 0.150. The van der Waals surface area contributed by atoms with Crippen LogP contribution in [0, 0.1) is 11.7 Å². The summed E-state index contributed by atoms with van der Waals surface area (Å²) >= 11 is 1.21. The van der Waals surface area contributed by atoms with E-state index in [4.69, 9.17) is 0 Å². The van der Waals surface area contributed by atoms with E-state index in [2.05, 4.69) is 26.7 Å². The molecule has 0 spiro atoms. The second kappa shape index (κ2) is 14.5. The Bertz CT molecular complexity index is 1750. The average molecular weight is 668 g/mol. The van der Waals surface area contributed by atoms with Crippen molar-refractivity contribution in [2.75, 3.05) is 10.7 Å². The van der Waals surface area contributed by atoms with Gasteiger partial charge in [0.25, 0.3) is 0 Å². The molecule has 5 rings (SSSR count). The van der Waals surface area contributed by atoms with E-state index in [1.165, 1.54) is 64.1 Å². The van der Waals surface area contributed by atoms with E-state index in [1.807, 2.05) is 38.1 Å². The number of ether oxygens (including phenoxy) is 1. The molecule has 1 aliphatic heterocycles. The van der Waals surface area contributed by atoms with Gasteiger partial charge in [-0.25, -0.2) is 14.1 Å². The lowest BCUT2D eigenvalue weighted by Crippen LogP contribution is -2.31. The maximum atomic E-state index is 13.9. The molecule has 0 bridgehead atoms. The Kier molecular flexibility index (Phi) is 10.4. The number of amides is 2. The minimum atomic E-state index is -4.76. The Labute approximate surface area is 273 Å². The van der Waals surface area contributed by atoms with Crippen LogP contribution >= 0.6 is 11.8 Å². The number of thioether (sulfide) groups is 1. The Morgan fingerprint density at radius 3 is 2.45 bits per heavy atom. The predicted molar refractivity (Wildman–Crippen MR) is 173 cm³/mol. The fourth-order valence-electron chi connectivity index (χ4n) is 5.25. The summed E-state index contributed by atoms with van der Waals surface area (Å²) in [6, 6.07) is 17.5. The molecule has 1 saturated heterocycles. The summed E-state index contributed by atoms with van der Waals surface area (Å²) in [5.74, 6) is -0.255. The first-order valence-electron chi connectivity index (χ1n) is 15.1. The average Bonchev–Trinajstić information content (AvgIpc) is 3.64. The predicted octanol–water partition coefficient (Wildman–Crippen LogP) is 8.11. The van der Waals surface area contributed by atoms with Crippen LogP contribution in [0.1, 0.15) is 57.1 Å². The smallest absolute Gasteiger partial charge is 0.406 e. The van der Waals surface area contributed by atoms with Gasteiger partial charge >= 0.3 is 6.36 Å². The molecule has 1 fully saturated rings. The van der Waals surface area contributed by atoms with Crippen LogP contribution in [0.2, 0.25) is 0 Å². The molecule has 1 aliphatic rings. The third-order valence-corrected chi connectivity index (χ3v) is 8.47. The van der Waals surface area contributed by atoms with E-state index in [-0.39, 0.29) is 41.5 Å². The molecule has 13 heteroatoms. The molecule has 2 heterocycles. The third kappa shape index (κ3) is 8.85. The number of halogens is 4. The summed E-state index contributed by atoms with van der Waals surface area (Å²) in [6.07, 6.45) is -0.759. The SMILES string of the molecule is CC(CCCC(=O)N=C1SCC(=O)N1c1ccc(F)cc1C(C)C)Cc1ccc(-c2ncn(-c3ccc(OC(F)(F)F)cc3)n2)cc1. The van der Waals surface area contributed by atoms with Crippen molar-refractivity contribution in [1.82, 2.24) is 14.8 Å². The zero-order chi connectivity index (χ0) is 33.7. The second-order valence-corrected chi connectivity index (χ2v) is 12.6. The Morgan fingerprint density at radius 1 is 1.04 bits per heavy atom. The molecule has 1 atom stereocenters. The van der Waals surface area contributed by atoms with Crippen LogP contribution in [0.4, 0.5) is 23.2 Å². The largest absolute Gasteiger partial charge is 0.573 e. The molecule has 1 aromatic heterocycles. The summed E-state index contributed by atoms with van der Waals surface area (Å²) in [4.78, 5) is 35.5. The van der Waals surface area contributed by atoms with E-state index < -0.39 is 6.36 Å². The van der Waals surface area contributed by atoms with Gasteiger partial charge in [-0.3, -0.25) is 14.5 Å². The molecule has 0 aliphatic carbocycles. The first-order valence-corrected chi connectivity index (χ1v) is 16.1. The van der Waals surface area contributed by atoms with Crippen LogP contribution in [0.3, 0.4) is 0 Å². The number of aromatic nitrogens is 3. The topological polar surface area (TPSA) is 89.7 Å². The summed E-state index contributed by atoms with van der Waals surface area (Å²) in [7, 11) is 0. The van der Waals surface area contributed by atoms with Crippen LogP contribution in [0.15, 0.2) is 78.0 Å². The zero-order valence-corrected chi connectivity index (χ0v) is 26.8. The van der Waals surface area contributed by atoms with Crippen molar-refractivity contribution >= 4 is 34.4 Å². The number of hydrogen-bond donors (Lipinski definition) is 0. The molecule has 8 nitrogen and oxygen atoms in total. The Morgan fingerprint density at radius 2 is 1.77 bits per heavy atom. The molecule has 4 aromatic rings. The van der Waals surface area contributed by atoms with Crippen LogP contribution < -0.4 is 9.64 Å². The van der Waals surface area contributed by atoms with Crippen LogP contribution in [0.25, 0.3) is 17.1 Å². The van der Waals surface area contributed by atoms with Gasteiger partial charge in [-0.05, 0) is 84.7 Å². The summed E-state index contributed by atoms with van der Waals surface area (Å²) in [6.45, 7) is 5.96. The molecular weight excluding hydrogens is 634 g/mol. The molecule has 0 N–H and O–H groups in total. The summed E-state index contributed by atoms with van der Waals surface area (Å²) in [5.41, 5.74) is 3.68. The van der Waals surface area contributed by atoms with E-state index in [0.29, 0.717) is 40.3 Å². The second-order valence-electron chi connectivity index (χ2n) is 11.6. The number of anilines is 1. The Hall–Kier alpha value is -4.52. The van der Waals surface area contributed by atoms with Gasteiger partial charge in [0.1, 0.15) is 17.9 Å². The maximum Gasteiger partial charge on any atom is 0.573 e. The molecule has 1 unspecified atom stereocenters. The number of nitrogens with zero attached hydrogens (tertiary/aromatic N) is 5. The summed E-state index contributed by atoms with van der Waals surface area (Å²) < 4.78 is 56.5. The van der Waals surface area contributed by atoms with Gasteiger partial charge in [-0.1, -0.05) is 56.8 Å². The van der Waals surface area contributed by atoms with E-state index in [1.54, 1.807) is 6.07 Å². The number of amidine groups is 1. The standard InChI is InChI=1S/C34H33F4N5O3S/c1-21(2)28-18-25(35)11-16-29(28)43-31(45)19-47-33(43)40-30(44)6-4-5-22(3)17-23-7-9-24(10-8-23)32-39-20-42(41-32)26-12-14-27(15-13-26)46-34(36,37)38/h7-16,18,20-22H,4-6,17,19H2,1-3H3. The fraction of sp³-hybridized carbons (Fsp3) is 0.324. The molecule has 3 aromatic carbocycles. The molecular formula is C34H33F4N5O3S. The number of carbonyl (C=O) groups is 2. The lowest BCUT2D eigenvalue weighted by molar-refractivity contribution is -0.274. The van der Waals surface area contributed by atoms with Crippen LogP contribution in [-0.2, 0) is 16.0 Å². The number of rotatable bonds is 11. The Balaban J connectivity index is 1.12. The highest BCUT2D eigenvalue weighted by Gasteiger charge is 2.33. The number of benzene rings is 3. The lowest BCUT2D eigenvalue weighted by atomic mass is 9.95. The van der Waals surface area contributed by atoms with Crippen molar-refractivity contribution in [3.63, 3.8) is 0 Å². The summed E-state index contributed by atoms with van der Waals surface area (Å²) in [5, 5.41) is 4.77. The minimum Gasteiger partial charge on any atom is -0.406 e. The van der Waals surface area contributed by atoms with Crippen molar-refractivity contribution in [2.45, 2.75) is 58.7 Å². The molecule has 0 radical (unpaired) electrons. The number of aliphatic imine (C=N–C) groups is 1. The van der Waals surface area contributed by atoms with Gasteiger partial charge < -0.3 is 4.74 Å². The van der Waals surface area contributed by atoms with Crippen molar-refractivity contribution < 1.29 is 31.9 Å². The van der Waals surface area contributed by atoms with Crippen molar-refractivity contribution in [2.24, 2.45) is 10.9 Å². The van der Waals surface area contributed by atoms with Gasteiger partial charge in [-0.2, -0.15) is 4.99 Å². The third-order valence-electron chi connectivity index (χ3n) is 7.55. The molecule has 47 heavy (non-hydrogen) atoms. The van der Waals surface area contributed by atoms with Crippen molar-refractivity contribution in [1.29, 1.82) is 0 Å². The first kappa shape index (κ1) is 33.8. The fourth-order valence-corrected chi connectivity index (χ4v) is 6.13. The normalized spacial score (nSPS) is 15.1. The van der Waals surface area contributed by atoms with Gasteiger partial charge in [0.2, 0.25) is 11.8 Å². The van der Waals surface area contributed by atoms with Crippen LogP contribution in [-0.4, -0.2) is 43.9 Å². The first-order chi connectivity index (χ1) is 22.4.